The van der Waals surface area contributed by atoms with Gasteiger partial charge in [-0.25, -0.2) is 10.8 Å². The molecule has 0 saturated carbocycles. The van der Waals surface area contributed by atoms with E-state index in [1.54, 1.807) is 12.4 Å². The van der Waals surface area contributed by atoms with E-state index in [2.05, 4.69) is 15.4 Å². The summed E-state index contributed by atoms with van der Waals surface area (Å²) >= 11 is 0. The standard InChI is InChI=1S/C15H14N4O/c16-19-15-12(6-3-9-18-15)10-20-13-7-1-4-11-5-2-8-17-14(11)13/h1-9H,10,16H2,(H,18,19). The van der Waals surface area contributed by atoms with Crippen LogP contribution in [-0.2, 0) is 6.61 Å². The maximum absolute atomic E-state index is 5.85. The average molecular weight is 266 g/mol. The Labute approximate surface area is 116 Å². The lowest BCUT2D eigenvalue weighted by molar-refractivity contribution is 0.309. The van der Waals surface area contributed by atoms with Gasteiger partial charge in [0.2, 0.25) is 0 Å². The van der Waals surface area contributed by atoms with Crippen LogP contribution in [0, 0.1) is 0 Å². The highest BCUT2D eigenvalue weighted by Crippen LogP contribution is 2.24. The molecule has 0 saturated heterocycles. The Morgan fingerprint density at radius 2 is 1.80 bits per heavy atom. The fraction of sp³-hybridized carbons (Fsp3) is 0.0667. The first-order valence-corrected chi connectivity index (χ1v) is 6.25. The van der Waals surface area contributed by atoms with Crippen molar-refractivity contribution in [3.63, 3.8) is 0 Å². The van der Waals surface area contributed by atoms with Gasteiger partial charge in [-0.15, -0.1) is 0 Å². The molecule has 2 heterocycles. The van der Waals surface area contributed by atoms with Crippen molar-refractivity contribution in [2.24, 2.45) is 5.84 Å². The van der Waals surface area contributed by atoms with Crippen LogP contribution in [0.4, 0.5) is 5.82 Å². The molecule has 3 rings (SSSR count). The molecule has 100 valence electrons. The lowest BCUT2D eigenvalue weighted by Gasteiger charge is -2.10. The quantitative estimate of drug-likeness (QED) is 0.560. The van der Waals surface area contributed by atoms with Gasteiger partial charge in [-0.2, -0.15) is 0 Å². The van der Waals surface area contributed by atoms with Gasteiger partial charge in [-0.3, -0.25) is 4.98 Å². The molecule has 0 spiro atoms. The number of rotatable bonds is 4. The molecule has 0 unspecified atom stereocenters. The average Bonchev–Trinajstić information content (AvgIpc) is 2.53. The molecule has 0 atom stereocenters. The van der Waals surface area contributed by atoms with Crippen LogP contribution in [0.3, 0.4) is 0 Å². The molecule has 0 amide bonds. The van der Waals surface area contributed by atoms with Crippen molar-refractivity contribution in [1.82, 2.24) is 9.97 Å². The number of benzene rings is 1. The van der Waals surface area contributed by atoms with Gasteiger partial charge < -0.3 is 10.2 Å². The molecule has 20 heavy (non-hydrogen) atoms. The SMILES string of the molecule is NNc1ncccc1COc1cccc2cccnc12. The number of nitrogens with zero attached hydrogens (tertiary/aromatic N) is 2. The third-order valence-electron chi connectivity index (χ3n) is 3.01. The summed E-state index contributed by atoms with van der Waals surface area (Å²) < 4.78 is 5.85. The second-order valence-electron chi connectivity index (χ2n) is 4.28. The van der Waals surface area contributed by atoms with Gasteiger partial charge in [-0.05, 0) is 18.2 Å². The first kappa shape index (κ1) is 12.4. The Morgan fingerprint density at radius 3 is 2.70 bits per heavy atom. The van der Waals surface area contributed by atoms with Gasteiger partial charge in [0, 0.05) is 23.3 Å². The molecule has 5 nitrogen and oxygen atoms in total. The summed E-state index contributed by atoms with van der Waals surface area (Å²) in [4.78, 5) is 8.50. The van der Waals surface area contributed by atoms with E-state index >= 15 is 0 Å². The number of nitrogens with two attached hydrogens (primary N) is 1. The molecule has 0 radical (unpaired) electrons. The van der Waals surface area contributed by atoms with E-state index in [9.17, 15) is 0 Å². The highest BCUT2D eigenvalue weighted by Gasteiger charge is 2.06. The number of hydrogen-bond acceptors (Lipinski definition) is 5. The normalized spacial score (nSPS) is 10.4. The van der Waals surface area contributed by atoms with Gasteiger partial charge in [0.05, 0.1) is 0 Å². The zero-order valence-corrected chi connectivity index (χ0v) is 10.8. The van der Waals surface area contributed by atoms with Crippen molar-refractivity contribution in [3.8, 4) is 5.75 Å². The molecule has 0 aliphatic heterocycles. The van der Waals surface area contributed by atoms with Crippen molar-refractivity contribution < 1.29 is 4.74 Å². The first-order chi connectivity index (χ1) is 9.88. The Morgan fingerprint density at radius 1 is 1.00 bits per heavy atom. The van der Waals surface area contributed by atoms with E-state index in [0.717, 1.165) is 22.2 Å². The first-order valence-electron chi connectivity index (χ1n) is 6.25. The van der Waals surface area contributed by atoms with Crippen LogP contribution in [0.5, 0.6) is 5.75 Å². The van der Waals surface area contributed by atoms with E-state index in [1.165, 1.54) is 0 Å². The van der Waals surface area contributed by atoms with Gasteiger partial charge in [0.1, 0.15) is 23.7 Å². The van der Waals surface area contributed by atoms with Crippen molar-refractivity contribution in [3.05, 3.63) is 60.4 Å². The number of anilines is 1. The number of aromatic nitrogens is 2. The minimum Gasteiger partial charge on any atom is -0.486 e. The number of nitrogen functional groups attached to an aromatic ring is 1. The monoisotopic (exact) mass is 266 g/mol. The Balaban J connectivity index is 1.87. The maximum atomic E-state index is 5.85. The predicted octanol–water partition coefficient (Wildman–Crippen LogP) is 2.49. The molecular weight excluding hydrogens is 252 g/mol. The van der Waals surface area contributed by atoms with Crippen LogP contribution in [0.25, 0.3) is 10.9 Å². The molecule has 3 aromatic rings. The zero-order chi connectivity index (χ0) is 13.8. The van der Waals surface area contributed by atoms with E-state index < -0.39 is 0 Å². The zero-order valence-electron chi connectivity index (χ0n) is 10.8. The third kappa shape index (κ3) is 2.39. The summed E-state index contributed by atoms with van der Waals surface area (Å²) in [7, 11) is 0. The van der Waals surface area contributed by atoms with Crippen molar-refractivity contribution in [2.45, 2.75) is 6.61 Å². The molecule has 5 heteroatoms. The lowest BCUT2D eigenvalue weighted by atomic mass is 10.2. The predicted molar refractivity (Wildman–Crippen MR) is 78.1 cm³/mol. The topological polar surface area (TPSA) is 73.1 Å². The van der Waals surface area contributed by atoms with E-state index in [4.69, 9.17) is 10.6 Å². The van der Waals surface area contributed by atoms with Crippen LogP contribution >= 0.6 is 0 Å². The molecule has 3 N–H and O–H groups in total. The largest absolute Gasteiger partial charge is 0.486 e. The van der Waals surface area contributed by atoms with Crippen molar-refractivity contribution in [1.29, 1.82) is 0 Å². The Kier molecular flexibility index (Phi) is 3.43. The minimum absolute atomic E-state index is 0.378. The van der Waals surface area contributed by atoms with Gasteiger partial charge in [0.15, 0.2) is 0 Å². The number of hydrogen-bond donors (Lipinski definition) is 2. The van der Waals surface area contributed by atoms with Crippen molar-refractivity contribution >= 4 is 16.7 Å². The van der Waals surface area contributed by atoms with Crippen LogP contribution in [0.1, 0.15) is 5.56 Å². The van der Waals surface area contributed by atoms with E-state index in [0.29, 0.717) is 12.4 Å². The summed E-state index contributed by atoms with van der Waals surface area (Å²) in [6.07, 6.45) is 3.43. The van der Waals surface area contributed by atoms with Crippen LogP contribution in [0.2, 0.25) is 0 Å². The highest BCUT2D eigenvalue weighted by molar-refractivity contribution is 5.84. The summed E-state index contributed by atoms with van der Waals surface area (Å²) in [5.41, 5.74) is 4.30. The highest BCUT2D eigenvalue weighted by atomic mass is 16.5. The summed E-state index contributed by atoms with van der Waals surface area (Å²) in [6.45, 7) is 0.378. The second kappa shape index (κ2) is 5.54. The fourth-order valence-electron chi connectivity index (χ4n) is 2.03. The molecule has 0 aliphatic carbocycles. The molecule has 1 aromatic carbocycles. The lowest BCUT2D eigenvalue weighted by Crippen LogP contribution is -2.12. The Bertz CT molecular complexity index is 724. The fourth-order valence-corrected chi connectivity index (χ4v) is 2.03. The number of para-hydroxylation sites is 1. The number of nitrogens with one attached hydrogen (secondary N) is 1. The maximum Gasteiger partial charge on any atom is 0.146 e. The number of ether oxygens (including phenoxy) is 1. The molecule has 2 aromatic heterocycles. The van der Waals surface area contributed by atoms with Gasteiger partial charge in [-0.1, -0.05) is 24.3 Å². The summed E-state index contributed by atoms with van der Waals surface area (Å²) in [6, 6.07) is 13.5. The second-order valence-corrected chi connectivity index (χ2v) is 4.28. The Hall–Kier alpha value is -2.66. The molecular formula is C15H14N4O. The molecule has 0 aliphatic rings. The molecule has 0 fully saturated rings. The number of pyridine rings is 2. The molecule has 0 bridgehead atoms. The number of hydrazine groups is 1. The van der Waals surface area contributed by atoms with E-state index in [1.807, 2.05) is 42.5 Å². The number of fused-ring (bicyclic) bond motifs is 1. The van der Waals surface area contributed by atoms with Crippen LogP contribution < -0.4 is 16.0 Å². The van der Waals surface area contributed by atoms with Crippen molar-refractivity contribution in [2.75, 3.05) is 5.43 Å². The minimum atomic E-state index is 0.378. The smallest absolute Gasteiger partial charge is 0.146 e. The van der Waals surface area contributed by atoms with E-state index in [-0.39, 0.29) is 0 Å². The van der Waals surface area contributed by atoms with Crippen LogP contribution in [-0.4, -0.2) is 9.97 Å². The third-order valence-corrected chi connectivity index (χ3v) is 3.01. The van der Waals surface area contributed by atoms with Crippen LogP contribution in [0.15, 0.2) is 54.9 Å². The van der Waals surface area contributed by atoms with Gasteiger partial charge >= 0.3 is 0 Å². The summed E-state index contributed by atoms with van der Waals surface area (Å²) in [5.74, 6) is 6.79. The van der Waals surface area contributed by atoms with Gasteiger partial charge in [0.25, 0.3) is 0 Å². The summed E-state index contributed by atoms with van der Waals surface area (Å²) in [5, 5.41) is 1.05.